The lowest BCUT2D eigenvalue weighted by molar-refractivity contribution is -0.121. The Morgan fingerprint density at radius 1 is 1.17 bits per heavy atom. The minimum absolute atomic E-state index is 0.0182. The normalized spacial score (nSPS) is 16.1. The first-order valence-corrected chi connectivity index (χ1v) is 8.28. The number of ether oxygens (including phenoxy) is 1. The maximum atomic E-state index is 12.1. The van der Waals surface area contributed by atoms with E-state index in [0.717, 1.165) is 18.8 Å². The molecule has 0 saturated carbocycles. The fourth-order valence-corrected chi connectivity index (χ4v) is 2.81. The van der Waals surface area contributed by atoms with E-state index in [2.05, 4.69) is 17.1 Å². The van der Waals surface area contributed by atoms with Crippen LogP contribution >= 0.6 is 0 Å². The van der Waals surface area contributed by atoms with Gasteiger partial charge >= 0.3 is 0 Å². The van der Waals surface area contributed by atoms with E-state index in [1.165, 1.54) is 12.8 Å². The topological polar surface area (TPSA) is 58.6 Å². The van der Waals surface area contributed by atoms with Gasteiger partial charge in [0, 0.05) is 31.0 Å². The van der Waals surface area contributed by atoms with Crippen LogP contribution in [-0.4, -0.2) is 49.4 Å². The molecule has 2 rings (SSSR count). The Labute approximate surface area is 138 Å². The van der Waals surface area contributed by atoms with Gasteiger partial charge in [-0.15, -0.1) is 0 Å². The quantitative estimate of drug-likeness (QED) is 0.747. The van der Waals surface area contributed by atoms with Crippen molar-refractivity contribution in [3.8, 4) is 5.75 Å². The van der Waals surface area contributed by atoms with Gasteiger partial charge in [-0.2, -0.15) is 0 Å². The summed E-state index contributed by atoms with van der Waals surface area (Å²) >= 11 is 0. The molecule has 5 heteroatoms. The van der Waals surface area contributed by atoms with Crippen molar-refractivity contribution in [1.82, 2.24) is 10.2 Å². The van der Waals surface area contributed by atoms with Crippen LogP contribution in [0, 0.1) is 0 Å². The third-order valence-electron chi connectivity index (χ3n) is 4.35. The summed E-state index contributed by atoms with van der Waals surface area (Å²) < 4.78 is 5.06. The van der Waals surface area contributed by atoms with Crippen molar-refractivity contribution in [3.05, 3.63) is 29.8 Å². The summed E-state index contributed by atoms with van der Waals surface area (Å²) in [5.74, 6) is 0.642. The number of nitrogens with one attached hydrogen (secondary N) is 1. The highest BCUT2D eigenvalue weighted by molar-refractivity contribution is 5.98. The van der Waals surface area contributed by atoms with E-state index < -0.39 is 0 Å². The molecule has 1 saturated heterocycles. The summed E-state index contributed by atoms with van der Waals surface area (Å²) in [6, 6.07) is 7.33. The lowest BCUT2D eigenvalue weighted by atomic mass is 10.1. The van der Waals surface area contributed by atoms with Crippen molar-refractivity contribution in [2.45, 2.75) is 38.6 Å². The number of ketones is 1. The second-order valence-electron chi connectivity index (χ2n) is 6.05. The predicted octanol–water partition coefficient (Wildman–Crippen LogP) is 2.26. The van der Waals surface area contributed by atoms with Crippen LogP contribution in [0.5, 0.6) is 5.75 Å². The molecule has 1 amide bonds. The number of Topliss-reactive ketones (excluding diaryl/α,β-unsaturated/α-hetero) is 1. The molecule has 0 bridgehead atoms. The van der Waals surface area contributed by atoms with Gasteiger partial charge < -0.3 is 10.1 Å². The molecule has 0 aliphatic carbocycles. The second kappa shape index (κ2) is 8.67. The molecule has 1 N–H and O–H groups in total. The highest BCUT2D eigenvalue weighted by atomic mass is 16.5. The third-order valence-corrected chi connectivity index (χ3v) is 4.35. The number of nitrogens with zero attached hydrogens (tertiary/aromatic N) is 1. The molecule has 1 heterocycles. The number of benzene rings is 1. The molecule has 0 radical (unpaired) electrons. The van der Waals surface area contributed by atoms with E-state index in [0.29, 0.717) is 18.2 Å². The van der Waals surface area contributed by atoms with Gasteiger partial charge in [-0.3, -0.25) is 14.5 Å². The van der Waals surface area contributed by atoms with Gasteiger partial charge in [-0.1, -0.05) is 0 Å². The minimum atomic E-state index is -0.0575. The van der Waals surface area contributed by atoms with Gasteiger partial charge in [0.15, 0.2) is 5.78 Å². The van der Waals surface area contributed by atoms with Gasteiger partial charge in [0.2, 0.25) is 5.91 Å². The molecule has 1 fully saturated rings. The van der Waals surface area contributed by atoms with Crippen LogP contribution in [-0.2, 0) is 4.79 Å². The van der Waals surface area contributed by atoms with E-state index in [-0.39, 0.29) is 24.5 Å². The maximum Gasteiger partial charge on any atom is 0.220 e. The zero-order valence-corrected chi connectivity index (χ0v) is 14.0. The first kappa shape index (κ1) is 17.5. The van der Waals surface area contributed by atoms with E-state index in [1.807, 2.05) is 0 Å². The average molecular weight is 318 g/mol. The number of methoxy groups -OCH3 is 1. The highest BCUT2D eigenvalue weighted by Gasteiger charge is 2.18. The largest absolute Gasteiger partial charge is 0.497 e. The fraction of sp³-hybridized carbons (Fsp3) is 0.556. The zero-order valence-electron chi connectivity index (χ0n) is 14.0. The molecule has 1 aromatic rings. The first-order chi connectivity index (χ1) is 11.1. The number of hydrogen-bond acceptors (Lipinski definition) is 4. The molecule has 5 nitrogen and oxygen atoms in total. The molecule has 1 aliphatic heterocycles. The average Bonchev–Trinajstić information content (AvgIpc) is 3.12. The summed E-state index contributed by atoms with van der Waals surface area (Å²) in [4.78, 5) is 26.4. The predicted molar refractivity (Wildman–Crippen MR) is 89.8 cm³/mol. The molecule has 0 spiro atoms. The van der Waals surface area contributed by atoms with Crippen LogP contribution in [0.15, 0.2) is 24.3 Å². The van der Waals surface area contributed by atoms with Crippen molar-refractivity contribution in [2.24, 2.45) is 0 Å². The SMILES string of the molecule is COc1ccc(C(=O)CCC(=O)NCC(C)N2CCCC2)cc1. The molecular weight excluding hydrogens is 292 g/mol. The van der Waals surface area contributed by atoms with E-state index >= 15 is 0 Å². The van der Waals surface area contributed by atoms with Crippen molar-refractivity contribution in [3.63, 3.8) is 0 Å². The third kappa shape index (κ3) is 5.36. The fourth-order valence-electron chi connectivity index (χ4n) is 2.81. The summed E-state index contributed by atoms with van der Waals surface area (Å²) in [6.45, 7) is 5.02. The van der Waals surface area contributed by atoms with Crippen molar-refractivity contribution in [2.75, 3.05) is 26.7 Å². The second-order valence-corrected chi connectivity index (χ2v) is 6.05. The van der Waals surface area contributed by atoms with E-state index in [9.17, 15) is 9.59 Å². The molecular formula is C18H26N2O3. The van der Waals surface area contributed by atoms with E-state index in [1.54, 1.807) is 31.4 Å². The van der Waals surface area contributed by atoms with E-state index in [4.69, 9.17) is 4.74 Å². The molecule has 1 atom stereocenters. The maximum absolute atomic E-state index is 12.1. The molecule has 23 heavy (non-hydrogen) atoms. The molecule has 1 unspecified atom stereocenters. The van der Waals surface area contributed by atoms with Crippen LogP contribution in [0.25, 0.3) is 0 Å². The Hall–Kier alpha value is -1.88. The smallest absolute Gasteiger partial charge is 0.220 e. The summed E-state index contributed by atoms with van der Waals surface area (Å²) in [5.41, 5.74) is 0.615. The Kier molecular flexibility index (Phi) is 6.59. The van der Waals surface area contributed by atoms with Crippen molar-refractivity contribution in [1.29, 1.82) is 0 Å². The zero-order chi connectivity index (χ0) is 16.7. The minimum Gasteiger partial charge on any atom is -0.497 e. The Morgan fingerprint density at radius 3 is 2.43 bits per heavy atom. The number of rotatable bonds is 8. The van der Waals surface area contributed by atoms with Crippen molar-refractivity contribution >= 4 is 11.7 Å². The number of likely N-dealkylation sites (tertiary alicyclic amines) is 1. The Morgan fingerprint density at radius 2 is 1.83 bits per heavy atom. The molecule has 0 aromatic heterocycles. The van der Waals surface area contributed by atoms with Gasteiger partial charge in [0.1, 0.15) is 5.75 Å². The molecule has 126 valence electrons. The lowest BCUT2D eigenvalue weighted by Crippen LogP contribution is -2.40. The van der Waals surface area contributed by atoms with Gasteiger partial charge in [-0.25, -0.2) is 0 Å². The number of amides is 1. The van der Waals surface area contributed by atoms with Gasteiger partial charge in [0.25, 0.3) is 0 Å². The first-order valence-electron chi connectivity index (χ1n) is 8.28. The Balaban J connectivity index is 1.69. The summed E-state index contributed by atoms with van der Waals surface area (Å²) in [7, 11) is 1.59. The number of hydrogen-bond donors (Lipinski definition) is 1. The lowest BCUT2D eigenvalue weighted by Gasteiger charge is -2.23. The van der Waals surface area contributed by atoms with Crippen LogP contribution < -0.4 is 10.1 Å². The van der Waals surface area contributed by atoms with Crippen molar-refractivity contribution < 1.29 is 14.3 Å². The van der Waals surface area contributed by atoms with Crippen LogP contribution in [0.3, 0.4) is 0 Å². The van der Waals surface area contributed by atoms with Crippen LogP contribution in [0.2, 0.25) is 0 Å². The number of carbonyl (C=O) groups is 2. The Bertz CT molecular complexity index is 522. The van der Waals surface area contributed by atoms with Crippen LogP contribution in [0.1, 0.15) is 43.0 Å². The molecule has 1 aromatic carbocycles. The molecule has 1 aliphatic rings. The summed E-state index contributed by atoms with van der Waals surface area (Å²) in [5, 5.41) is 2.93. The van der Waals surface area contributed by atoms with Gasteiger partial charge in [-0.05, 0) is 57.1 Å². The number of carbonyl (C=O) groups excluding carboxylic acids is 2. The monoisotopic (exact) mass is 318 g/mol. The van der Waals surface area contributed by atoms with Crippen LogP contribution in [0.4, 0.5) is 0 Å². The highest BCUT2D eigenvalue weighted by Crippen LogP contribution is 2.13. The standard InChI is InChI=1S/C18H26N2O3/c1-14(20-11-3-4-12-20)13-19-18(22)10-9-17(21)15-5-7-16(23-2)8-6-15/h5-8,14H,3-4,9-13H2,1-2H3,(H,19,22). The summed E-state index contributed by atoms with van der Waals surface area (Å²) in [6.07, 6.45) is 2.96. The van der Waals surface area contributed by atoms with Gasteiger partial charge in [0.05, 0.1) is 7.11 Å².